The molecule has 18 heavy (non-hydrogen) atoms. The molecule has 1 aromatic rings. The van der Waals surface area contributed by atoms with Crippen molar-refractivity contribution in [3.63, 3.8) is 0 Å². The van der Waals surface area contributed by atoms with E-state index in [4.69, 9.17) is 0 Å². The zero-order valence-electron chi connectivity index (χ0n) is 11.1. The van der Waals surface area contributed by atoms with Gasteiger partial charge in [-0.15, -0.1) is 0 Å². The van der Waals surface area contributed by atoms with Crippen molar-refractivity contribution in [2.75, 3.05) is 57.3 Å². The standard InChI is InChI=1S/C11H20N6S/c1-12-9-8-10(14-11(13-9)18-3)15-17-6-4-16(2)5-7-17/h8H,4-7H2,1-3H3,(H2,12,13,14,15). The van der Waals surface area contributed by atoms with Crippen LogP contribution in [0.4, 0.5) is 11.6 Å². The van der Waals surface area contributed by atoms with E-state index in [0.717, 1.165) is 43.0 Å². The molecule has 2 heterocycles. The van der Waals surface area contributed by atoms with Gasteiger partial charge < -0.3 is 15.6 Å². The Morgan fingerprint density at radius 1 is 1.17 bits per heavy atom. The zero-order chi connectivity index (χ0) is 13.0. The van der Waals surface area contributed by atoms with E-state index >= 15 is 0 Å². The van der Waals surface area contributed by atoms with Crippen molar-refractivity contribution in [2.45, 2.75) is 5.16 Å². The van der Waals surface area contributed by atoms with Gasteiger partial charge >= 0.3 is 0 Å². The van der Waals surface area contributed by atoms with Crippen molar-refractivity contribution in [3.8, 4) is 0 Å². The van der Waals surface area contributed by atoms with Crippen molar-refractivity contribution >= 4 is 23.4 Å². The van der Waals surface area contributed by atoms with Crippen molar-refractivity contribution in [1.82, 2.24) is 19.9 Å². The smallest absolute Gasteiger partial charge is 0.191 e. The van der Waals surface area contributed by atoms with Crippen LogP contribution in [0.5, 0.6) is 0 Å². The van der Waals surface area contributed by atoms with Crippen molar-refractivity contribution in [2.24, 2.45) is 0 Å². The minimum atomic E-state index is 0.776. The third-order valence-electron chi connectivity index (χ3n) is 2.92. The average Bonchev–Trinajstić information content (AvgIpc) is 2.41. The van der Waals surface area contributed by atoms with Crippen LogP contribution >= 0.6 is 11.8 Å². The summed E-state index contributed by atoms with van der Waals surface area (Å²) >= 11 is 1.55. The Hall–Kier alpha value is -1.05. The molecule has 2 N–H and O–H groups in total. The molecule has 0 aliphatic carbocycles. The maximum absolute atomic E-state index is 4.46. The number of likely N-dealkylation sites (N-methyl/N-ethyl adjacent to an activating group) is 1. The summed E-state index contributed by atoms with van der Waals surface area (Å²) in [5.41, 5.74) is 3.35. The molecule has 100 valence electrons. The summed E-state index contributed by atoms with van der Waals surface area (Å²) in [5.74, 6) is 1.69. The number of thioether (sulfide) groups is 1. The molecule has 1 fully saturated rings. The summed E-state index contributed by atoms with van der Waals surface area (Å²) in [6, 6.07) is 1.93. The second-order valence-electron chi connectivity index (χ2n) is 4.28. The minimum Gasteiger partial charge on any atom is -0.373 e. The van der Waals surface area contributed by atoms with Crippen molar-refractivity contribution in [1.29, 1.82) is 0 Å². The molecule has 0 aromatic carbocycles. The second kappa shape index (κ2) is 6.21. The number of piperazine rings is 1. The SMILES string of the molecule is CNc1cc(NN2CCN(C)CC2)nc(SC)n1. The largest absolute Gasteiger partial charge is 0.373 e. The first-order valence-corrected chi connectivity index (χ1v) is 7.24. The van der Waals surface area contributed by atoms with Gasteiger partial charge in [0.2, 0.25) is 0 Å². The highest BCUT2D eigenvalue weighted by Crippen LogP contribution is 2.17. The van der Waals surface area contributed by atoms with Crippen LogP contribution < -0.4 is 10.7 Å². The summed E-state index contributed by atoms with van der Waals surface area (Å²) in [4.78, 5) is 11.1. The highest BCUT2D eigenvalue weighted by Gasteiger charge is 2.14. The Morgan fingerprint density at radius 3 is 2.44 bits per heavy atom. The van der Waals surface area contributed by atoms with Crippen LogP contribution in [-0.2, 0) is 0 Å². The lowest BCUT2D eigenvalue weighted by Crippen LogP contribution is -2.47. The molecule has 0 saturated carbocycles. The number of hydrazine groups is 1. The third-order valence-corrected chi connectivity index (χ3v) is 3.47. The molecule has 0 bridgehead atoms. The highest BCUT2D eigenvalue weighted by molar-refractivity contribution is 7.98. The van der Waals surface area contributed by atoms with E-state index in [9.17, 15) is 0 Å². The predicted molar refractivity (Wildman–Crippen MR) is 76.1 cm³/mol. The fourth-order valence-electron chi connectivity index (χ4n) is 1.78. The first kappa shape index (κ1) is 13.4. The van der Waals surface area contributed by atoms with Crippen molar-refractivity contribution < 1.29 is 0 Å². The molecule has 2 rings (SSSR count). The van der Waals surface area contributed by atoms with Gasteiger partial charge in [-0.3, -0.25) is 0 Å². The normalized spacial score (nSPS) is 17.7. The van der Waals surface area contributed by atoms with Gasteiger partial charge in [0.1, 0.15) is 11.6 Å². The Labute approximate surface area is 112 Å². The van der Waals surface area contributed by atoms with Crippen LogP contribution in [0.2, 0.25) is 0 Å². The highest BCUT2D eigenvalue weighted by atomic mass is 32.2. The molecule has 7 heteroatoms. The topological polar surface area (TPSA) is 56.3 Å². The van der Waals surface area contributed by atoms with Gasteiger partial charge in [-0.1, -0.05) is 11.8 Å². The number of rotatable bonds is 4. The van der Waals surface area contributed by atoms with E-state index in [1.54, 1.807) is 11.8 Å². The molecule has 6 nitrogen and oxygen atoms in total. The molecular formula is C11H20N6S. The number of anilines is 2. The van der Waals surface area contributed by atoms with Crippen LogP contribution in [0.3, 0.4) is 0 Å². The maximum atomic E-state index is 4.46. The summed E-state index contributed by atoms with van der Waals surface area (Å²) in [5, 5.41) is 6.03. The van der Waals surface area contributed by atoms with Crippen LogP contribution in [0.25, 0.3) is 0 Å². The van der Waals surface area contributed by atoms with Gasteiger partial charge in [0.25, 0.3) is 0 Å². The van der Waals surface area contributed by atoms with E-state index in [-0.39, 0.29) is 0 Å². The van der Waals surface area contributed by atoms with Gasteiger partial charge in [0.15, 0.2) is 5.16 Å². The molecule has 0 radical (unpaired) electrons. The van der Waals surface area contributed by atoms with E-state index < -0.39 is 0 Å². The van der Waals surface area contributed by atoms with Crippen LogP contribution in [-0.4, -0.2) is 66.4 Å². The van der Waals surface area contributed by atoms with Gasteiger partial charge in [-0.2, -0.15) is 0 Å². The quantitative estimate of drug-likeness (QED) is 0.619. The van der Waals surface area contributed by atoms with E-state index in [2.05, 4.69) is 37.7 Å². The third kappa shape index (κ3) is 3.47. The fraction of sp³-hybridized carbons (Fsp3) is 0.636. The Kier molecular flexibility index (Phi) is 4.62. The van der Waals surface area contributed by atoms with Crippen molar-refractivity contribution in [3.05, 3.63) is 6.07 Å². The predicted octanol–water partition coefficient (Wildman–Crippen LogP) is 0.814. The van der Waals surface area contributed by atoms with Crippen LogP contribution in [0.15, 0.2) is 11.2 Å². The lowest BCUT2D eigenvalue weighted by molar-refractivity contribution is 0.178. The Balaban J connectivity index is 2.03. The molecule has 0 amide bonds. The Bertz CT molecular complexity index is 369. The number of nitrogens with zero attached hydrogens (tertiary/aromatic N) is 4. The monoisotopic (exact) mass is 268 g/mol. The van der Waals surface area contributed by atoms with E-state index in [1.807, 2.05) is 19.4 Å². The molecule has 1 aromatic heterocycles. The van der Waals surface area contributed by atoms with Crippen LogP contribution in [0.1, 0.15) is 0 Å². The molecule has 1 aliphatic rings. The van der Waals surface area contributed by atoms with E-state index in [0.29, 0.717) is 0 Å². The minimum absolute atomic E-state index is 0.776. The number of nitrogens with one attached hydrogen (secondary N) is 2. The van der Waals surface area contributed by atoms with Gasteiger partial charge in [0, 0.05) is 39.3 Å². The van der Waals surface area contributed by atoms with Gasteiger partial charge in [-0.25, -0.2) is 15.0 Å². The van der Waals surface area contributed by atoms with Gasteiger partial charge in [0.05, 0.1) is 0 Å². The molecule has 0 atom stereocenters. The summed E-state index contributed by atoms with van der Waals surface area (Å²) in [7, 11) is 4.01. The lowest BCUT2D eigenvalue weighted by Gasteiger charge is -2.32. The maximum Gasteiger partial charge on any atom is 0.191 e. The fourth-order valence-corrected chi connectivity index (χ4v) is 2.16. The average molecular weight is 268 g/mol. The number of hydrogen-bond donors (Lipinski definition) is 2. The summed E-state index contributed by atoms with van der Waals surface area (Å²) in [6.07, 6.45) is 1.98. The van der Waals surface area contributed by atoms with E-state index in [1.165, 1.54) is 0 Å². The molecular weight excluding hydrogens is 248 g/mol. The molecule has 1 aliphatic heterocycles. The first-order chi connectivity index (χ1) is 8.71. The van der Waals surface area contributed by atoms with Gasteiger partial charge in [-0.05, 0) is 13.3 Å². The molecule has 0 spiro atoms. The van der Waals surface area contributed by atoms with Crippen LogP contribution in [0, 0.1) is 0 Å². The number of aromatic nitrogens is 2. The second-order valence-corrected chi connectivity index (χ2v) is 5.05. The lowest BCUT2D eigenvalue weighted by atomic mass is 10.4. The zero-order valence-corrected chi connectivity index (χ0v) is 11.9. The molecule has 1 saturated heterocycles. The summed E-state index contributed by atoms with van der Waals surface area (Å²) in [6.45, 7) is 4.16. The summed E-state index contributed by atoms with van der Waals surface area (Å²) < 4.78 is 0. The number of hydrogen-bond acceptors (Lipinski definition) is 7. The first-order valence-electron chi connectivity index (χ1n) is 6.02. The molecule has 0 unspecified atom stereocenters. The Morgan fingerprint density at radius 2 is 1.83 bits per heavy atom.